The zero-order chi connectivity index (χ0) is 19.3. The Bertz CT molecular complexity index is 1150. The van der Waals surface area contributed by atoms with E-state index in [0.717, 1.165) is 16.3 Å². The highest BCUT2D eigenvalue weighted by molar-refractivity contribution is 6.33. The van der Waals surface area contributed by atoms with Crippen LogP contribution in [0.4, 0.5) is 0 Å². The lowest BCUT2D eigenvalue weighted by Gasteiger charge is -2.09. The summed E-state index contributed by atoms with van der Waals surface area (Å²) in [7, 11) is 0. The Balaban J connectivity index is 1.67. The van der Waals surface area contributed by atoms with Crippen LogP contribution in [0.25, 0.3) is 10.8 Å². The van der Waals surface area contributed by atoms with E-state index in [9.17, 15) is 4.79 Å². The fourth-order valence-corrected chi connectivity index (χ4v) is 3.08. The van der Waals surface area contributed by atoms with Crippen molar-refractivity contribution in [3.63, 3.8) is 0 Å². The van der Waals surface area contributed by atoms with E-state index in [1.807, 2.05) is 53.2 Å². The second-order valence-corrected chi connectivity index (χ2v) is 6.60. The third kappa shape index (κ3) is 3.94. The van der Waals surface area contributed by atoms with Gasteiger partial charge in [0.2, 0.25) is 0 Å². The number of rotatable bonds is 5. The minimum atomic E-state index is -0.602. The van der Waals surface area contributed by atoms with Crippen LogP contribution in [0.1, 0.15) is 15.9 Å². The van der Waals surface area contributed by atoms with Crippen molar-refractivity contribution in [2.45, 2.75) is 6.54 Å². The summed E-state index contributed by atoms with van der Waals surface area (Å²) >= 11 is 6.07. The third-order valence-corrected chi connectivity index (χ3v) is 4.64. The number of carbonyl (C=O) groups is 1. The number of aromatic nitrogens is 2. The molecule has 5 nitrogen and oxygen atoms in total. The Labute approximate surface area is 166 Å². The number of nitrogens with zero attached hydrogens (tertiary/aromatic N) is 3. The van der Waals surface area contributed by atoms with Crippen LogP contribution in [0.2, 0.25) is 5.02 Å². The van der Waals surface area contributed by atoms with E-state index < -0.39 is 5.97 Å². The molecule has 28 heavy (non-hydrogen) atoms. The molecule has 138 valence electrons. The molecule has 3 aromatic carbocycles. The zero-order valence-electron chi connectivity index (χ0n) is 14.8. The third-order valence-electron chi connectivity index (χ3n) is 4.31. The molecule has 0 N–H and O–H groups in total. The molecule has 1 aromatic heterocycles. The lowest BCUT2D eigenvalue weighted by molar-refractivity contribution is 0.0515. The molecule has 4 aromatic rings. The number of carbonyl (C=O) groups excluding carboxylic acids is 1. The minimum absolute atomic E-state index is 0.272. The maximum atomic E-state index is 12.4. The molecule has 0 bridgehead atoms. The minimum Gasteiger partial charge on any atom is -0.331 e. The van der Waals surface area contributed by atoms with Crippen molar-refractivity contribution in [3.8, 4) is 0 Å². The molecular weight excluding hydrogens is 374 g/mol. The second-order valence-electron chi connectivity index (χ2n) is 6.19. The van der Waals surface area contributed by atoms with Gasteiger partial charge in [-0.25, -0.2) is 9.78 Å². The first-order valence-corrected chi connectivity index (χ1v) is 9.06. The summed E-state index contributed by atoms with van der Waals surface area (Å²) in [5.41, 5.74) is 1.73. The van der Waals surface area contributed by atoms with E-state index in [1.165, 1.54) is 0 Å². The van der Waals surface area contributed by atoms with Crippen molar-refractivity contribution in [2.75, 3.05) is 0 Å². The monoisotopic (exact) mass is 389 g/mol. The number of hydrogen-bond acceptors (Lipinski definition) is 4. The first-order chi connectivity index (χ1) is 13.7. The van der Waals surface area contributed by atoms with Crippen LogP contribution in [0.15, 0.2) is 90.6 Å². The van der Waals surface area contributed by atoms with Crippen molar-refractivity contribution in [1.29, 1.82) is 0 Å². The zero-order valence-corrected chi connectivity index (χ0v) is 15.6. The van der Waals surface area contributed by atoms with Gasteiger partial charge in [0.25, 0.3) is 0 Å². The molecular formula is C22H16ClN3O2. The van der Waals surface area contributed by atoms with E-state index in [0.29, 0.717) is 17.3 Å². The van der Waals surface area contributed by atoms with E-state index in [-0.39, 0.29) is 5.56 Å². The van der Waals surface area contributed by atoms with Gasteiger partial charge >= 0.3 is 5.97 Å². The number of oxime groups is 1. The predicted molar refractivity (Wildman–Crippen MR) is 110 cm³/mol. The van der Waals surface area contributed by atoms with Gasteiger partial charge in [0.1, 0.15) is 5.71 Å². The number of halogens is 1. The Morgan fingerprint density at radius 1 is 1.04 bits per heavy atom. The van der Waals surface area contributed by atoms with Gasteiger partial charge in [-0.05, 0) is 29.0 Å². The smallest absolute Gasteiger partial charge is 0.331 e. The summed E-state index contributed by atoms with van der Waals surface area (Å²) in [6.45, 7) is 0.411. The van der Waals surface area contributed by atoms with Crippen LogP contribution in [-0.2, 0) is 11.4 Å². The van der Waals surface area contributed by atoms with Crippen LogP contribution in [0, 0.1) is 0 Å². The molecule has 1 heterocycles. The highest BCUT2D eigenvalue weighted by atomic mass is 35.5. The summed E-state index contributed by atoms with van der Waals surface area (Å²) in [4.78, 5) is 21.7. The maximum absolute atomic E-state index is 12.4. The molecule has 0 amide bonds. The molecule has 0 saturated heterocycles. The molecule has 0 unspecified atom stereocenters. The number of imidazole rings is 1. The quantitative estimate of drug-likeness (QED) is 0.275. The highest BCUT2D eigenvalue weighted by Crippen LogP contribution is 2.19. The largest absolute Gasteiger partial charge is 0.367 e. The van der Waals surface area contributed by atoms with Crippen molar-refractivity contribution in [1.82, 2.24) is 9.55 Å². The summed E-state index contributed by atoms with van der Waals surface area (Å²) < 4.78 is 1.86. The molecule has 0 aliphatic carbocycles. The number of benzene rings is 3. The molecule has 0 fully saturated rings. The van der Waals surface area contributed by atoms with Crippen molar-refractivity contribution >= 4 is 34.1 Å². The van der Waals surface area contributed by atoms with Gasteiger partial charge in [-0.15, -0.1) is 0 Å². The van der Waals surface area contributed by atoms with Gasteiger partial charge in [-0.3, -0.25) is 0 Å². The van der Waals surface area contributed by atoms with Crippen LogP contribution in [0.3, 0.4) is 0 Å². The standard InChI is InChI=1S/C22H16ClN3O2/c23-20-8-4-3-7-19(20)22(27)28-25-21(14-26-12-11-24-15-26)18-10-9-16-5-1-2-6-17(16)13-18/h1-13,15H,14H2/b25-21-. The normalized spacial score (nSPS) is 11.5. The highest BCUT2D eigenvalue weighted by Gasteiger charge is 2.13. The lowest BCUT2D eigenvalue weighted by atomic mass is 10.0. The summed E-state index contributed by atoms with van der Waals surface area (Å²) in [5.74, 6) is -0.602. The molecule has 0 aliphatic heterocycles. The molecule has 0 radical (unpaired) electrons. The Hall–Kier alpha value is -3.44. The average Bonchev–Trinajstić information content (AvgIpc) is 3.24. The first kappa shape index (κ1) is 17.9. The van der Waals surface area contributed by atoms with Gasteiger partial charge < -0.3 is 9.40 Å². The molecule has 6 heteroatoms. The van der Waals surface area contributed by atoms with Gasteiger partial charge in [-0.1, -0.05) is 65.3 Å². The van der Waals surface area contributed by atoms with Gasteiger partial charge in [0, 0.05) is 18.0 Å². The van der Waals surface area contributed by atoms with Crippen molar-refractivity contribution < 1.29 is 9.63 Å². The fraction of sp³-hybridized carbons (Fsp3) is 0.0455. The molecule has 4 rings (SSSR count). The van der Waals surface area contributed by atoms with Gasteiger partial charge in [0.05, 0.1) is 23.5 Å². The Morgan fingerprint density at radius 3 is 2.61 bits per heavy atom. The maximum Gasteiger partial charge on any atom is 0.367 e. The van der Waals surface area contributed by atoms with E-state index >= 15 is 0 Å². The topological polar surface area (TPSA) is 56.5 Å². The van der Waals surface area contributed by atoms with Crippen LogP contribution in [0.5, 0.6) is 0 Å². The molecule has 0 spiro atoms. The lowest BCUT2D eigenvalue weighted by Crippen LogP contribution is -2.13. The van der Waals surface area contributed by atoms with E-state index in [1.54, 1.807) is 36.8 Å². The fourth-order valence-electron chi connectivity index (χ4n) is 2.87. The van der Waals surface area contributed by atoms with Gasteiger partial charge in [-0.2, -0.15) is 0 Å². The summed E-state index contributed by atoms with van der Waals surface area (Å²) in [6, 6.07) is 20.8. The van der Waals surface area contributed by atoms with Gasteiger partial charge in [0.15, 0.2) is 0 Å². The molecule has 0 atom stereocenters. The Morgan fingerprint density at radius 2 is 1.82 bits per heavy atom. The molecule has 0 saturated carbocycles. The van der Waals surface area contributed by atoms with Crippen LogP contribution < -0.4 is 0 Å². The first-order valence-electron chi connectivity index (χ1n) is 8.68. The van der Waals surface area contributed by atoms with Crippen molar-refractivity contribution in [2.24, 2.45) is 5.16 Å². The Kier molecular flexibility index (Phi) is 5.17. The second kappa shape index (κ2) is 8.06. The van der Waals surface area contributed by atoms with Crippen molar-refractivity contribution in [3.05, 3.63) is 102 Å². The van der Waals surface area contributed by atoms with E-state index in [4.69, 9.17) is 16.4 Å². The summed E-state index contributed by atoms with van der Waals surface area (Å²) in [5, 5.41) is 6.68. The average molecular weight is 390 g/mol. The predicted octanol–water partition coefficient (Wildman–Crippen LogP) is 4.95. The van der Waals surface area contributed by atoms with Crippen LogP contribution in [-0.4, -0.2) is 21.2 Å². The van der Waals surface area contributed by atoms with Crippen LogP contribution >= 0.6 is 11.6 Å². The van der Waals surface area contributed by atoms with E-state index in [2.05, 4.69) is 10.1 Å². The number of fused-ring (bicyclic) bond motifs is 1. The molecule has 0 aliphatic rings. The summed E-state index contributed by atoms with van der Waals surface area (Å²) in [6.07, 6.45) is 5.20. The SMILES string of the molecule is O=C(O/N=C(/Cn1ccnc1)c1ccc2ccccc2c1)c1ccccc1Cl. The number of hydrogen-bond donors (Lipinski definition) is 0.